The molecule has 1 fully saturated rings. The number of hydrogen-bond donors (Lipinski definition) is 2. The average Bonchev–Trinajstić information content (AvgIpc) is 3.49. The first-order chi connectivity index (χ1) is 16.0. The van der Waals surface area contributed by atoms with Gasteiger partial charge in [0, 0.05) is 23.5 Å². The van der Waals surface area contributed by atoms with Gasteiger partial charge in [0.15, 0.2) is 11.5 Å². The first-order valence-electron chi connectivity index (χ1n) is 11.0. The number of fused-ring (bicyclic) bond motifs is 1. The highest BCUT2D eigenvalue weighted by Crippen LogP contribution is 2.35. The summed E-state index contributed by atoms with van der Waals surface area (Å²) in [4.78, 5) is 15.9. The van der Waals surface area contributed by atoms with Crippen molar-refractivity contribution in [3.8, 4) is 17.2 Å². The van der Waals surface area contributed by atoms with Gasteiger partial charge in [-0.3, -0.25) is 9.69 Å². The fraction of sp³-hybridized carbons (Fsp3) is 0.320. The molecule has 7 nitrogen and oxygen atoms in total. The monoisotopic (exact) mass is 467 g/mol. The number of anilines is 1. The third-order valence-corrected chi connectivity index (χ3v) is 6.50. The molecular weight excluding hydrogens is 438 g/mol. The van der Waals surface area contributed by atoms with Crippen molar-refractivity contribution in [1.29, 1.82) is 0 Å². The van der Waals surface area contributed by atoms with Crippen LogP contribution in [0.3, 0.4) is 0 Å². The van der Waals surface area contributed by atoms with Crippen LogP contribution < -0.4 is 25.3 Å². The Balaban J connectivity index is 1.31. The van der Waals surface area contributed by atoms with E-state index >= 15 is 0 Å². The molecule has 8 heteroatoms. The van der Waals surface area contributed by atoms with Crippen molar-refractivity contribution in [3.05, 3.63) is 70.2 Å². The van der Waals surface area contributed by atoms with E-state index in [1.165, 1.54) is 37.7 Å². The van der Waals surface area contributed by atoms with E-state index in [0.29, 0.717) is 39.3 Å². The highest BCUT2D eigenvalue weighted by atomic mass is 32.2. The number of allylic oxidation sites excluding steroid dienone is 2. The molecule has 2 aliphatic rings. The maximum Gasteiger partial charge on any atom is 0.231 e. The lowest BCUT2D eigenvalue weighted by atomic mass is 10.1. The van der Waals surface area contributed by atoms with Crippen molar-refractivity contribution in [3.63, 3.8) is 0 Å². The predicted octanol–water partition coefficient (Wildman–Crippen LogP) is 4.58. The molecule has 0 amide bonds. The summed E-state index contributed by atoms with van der Waals surface area (Å²) in [7, 11) is 0. The smallest absolute Gasteiger partial charge is 0.231 e. The van der Waals surface area contributed by atoms with Gasteiger partial charge in [0.1, 0.15) is 12.4 Å². The fourth-order valence-electron chi connectivity index (χ4n) is 3.72. The molecule has 2 aromatic carbocycles. The average molecular weight is 468 g/mol. The molecule has 4 rings (SSSR count). The molecule has 0 bridgehead atoms. The number of ether oxygens (including phenoxy) is 3. The second kappa shape index (κ2) is 10.7. The van der Waals surface area contributed by atoms with Crippen LogP contribution in [-0.4, -0.2) is 43.7 Å². The molecule has 0 radical (unpaired) electrons. The zero-order valence-corrected chi connectivity index (χ0v) is 19.6. The number of carbonyl (C=O) groups excluding carboxylic acids is 1. The molecule has 0 spiro atoms. The Bertz CT molecular complexity index is 1040. The van der Waals surface area contributed by atoms with Crippen molar-refractivity contribution in [2.45, 2.75) is 19.8 Å². The van der Waals surface area contributed by atoms with Crippen molar-refractivity contribution in [2.75, 3.05) is 38.4 Å². The van der Waals surface area contributed by atoms with Crippen molar-refractivity contribution in [2.24, 2.45) is 5.73 Å². The summed E-state index contributed by atoms with van der Waals surface area (Å²) in [5.74, 6) is 1.82. The maximum absolute atomic E-state index is 13.1. The SMILES string of the molecule is C=C(Nc1ccc(OCCN2CCCC2)cc1)S/C(C(=O)c1ccc2c(c1)OCO2)=C(\C)N. The zero-order valence-electron chi connectivity index (χ0n) is 18.8. The first-order valence-corrected chi connectivity index (χ1v) is 11.8. The van der Waals surface area contributed by atoms with E-state index in [1.54, 1.807) is 25.1 Å². The molecule has 3 N–H and O–H groups in total. The summed E-state index contributed by atoms with van der Waals surface area (Å²) < 4.78 is 16.5. The molecule has 0 atom stereocenters. The lowest BCUT2D eigenvalue weighted by Gasteiger charge is -2.15. The second-order valence-corrected chi connectivity index (χ2v) is 9.09. The number of likely N-dealkylation sites (tertiary alicyclic amines) is 1. The van der Waals surface area contributed by atoms with E-state index in [0.717, 1.165) is 18.0 Å². The number of carbonyl (C=O) groups is 1. The summed E-state index contributed by atoms with van der Waals surface area (Å²) in [6, 6.07) is 12.8. The lowest BCUT2D eigenvalue weighted by molar-refractivity contribution is 0.104. The van der Waals surface area contributed by atoms with Crippen LogP contribution in [0.15, 0.2) is 64.7 Å². The topological polar surface area (TPSA) is 86.0 Å². The Labute approximate surface area is 198 Å². The Morgan fingerprint density at radius 3 is 2.61 bits per heavy atom. The minimum atomic E-state index is -0.192. The van der Waals surface area contributed by atoms with Gasteiger partial charge >= 0.3 is 0 Å². The molecule has 174 valence electrons. The van der Waals surface area contributed by atoms with Crippen LogP contribution in [0.5, 0.6) is 17.2 Å². The standard InChI is InChI=1S/C25H29N3O4S/c1-17(26)25(24(29)19-5-10-22-23(15-19)32-16-31-22)33-18(2)27-20-6-8-21(9-7-20)30-14-13-28-11-3-4-12-28/h5-10,15,27H,2-4,11-14,16,26H2,1H3/b25-17+. The van der Waals surface area contributed by atoms with E-state index in [4.69, 9.17) is 19.9 Å². The summed E-state index contributed by atoms with van der Waals surface area (Å²) in [6.45, 7) is 9.89. The summed E-state index contributed by atoms with van der Waals surface area (Å²) in [5, 5.41) is 3.81. The van der Waals surface area contributed by atoms with E-state index in [-0.39, 0.29) is 12.6 Å². The number of Topliss-reactive ketones (excluding diaryl/α,β-unsaturated/α-hetero) is 1. The number of ketones is 1. The molecule has 0 saturated carbocycles. The highest BCUT2D eigenvalue weighted by molar-refractivity contribution is 8.07. The molecule has 33 heavy (non-hydrogen) atoms. The molecule has 0 aromatic heterocycles. The minimum absolute atomic E-state index is 0.156. The molecule has 1 saturated heterocycles. The van der Waals surface area contributed by atoms with Crippen LogP contribution in [0.1, 0.15) is 30.1 Å². The number of hydrogen-bond acceptors (Lipinski definition) is 8. The summed E-state index contributed by atoms with van der Waals surface area (Å²) in [6.07, 6.45) is 2.57. The Morgan fingerprint density at radius 1 is 1.15 bits per heavy atom. The van der Waals surface area contributed by atoms with E-state index in [1.807, 2.05) is 24.3 Å². The second-order valence-electron chi connectivity index (χ2n) is 7.98. The van der Waals surface area contributed by atoms with E-state index in [2.05, 4.69) is 16.8 Å². The number of thioether (sulfide) groups is 1. The van der Waals surface area contributed by atoms with Gasteiger partial charge in [-0.15, -0.1) is 0 Å². The third kappa shape index (κ3) is 6.03. The normalized spacial score (nSPS) is 15.8. The predicted molar refractivity (Wildman–Crippen MR) is 132 cm³/mol. The van der Waals surface area contributed by atoms with Crippen LogP contribution in [-0.2, 0) is 0 Å². The van der Waals surface area contributed by atoms with Gasteiger partial charge in [-0.25, -0.2) is 0 Å². The van der Waals surface area contributed by atoms with Crippen molar-refractivity contribution in [1.82, 2.24) is 4.90 Å². The van der Waals surface area contributed by atoms with Gasteiger partial charge in [0.2, 0.25) is 12.6 Å². The molecule has 2 aromatic rings. The van der Waals surface area contributed by atoms with Crippen molar-refractivity contribution < 1.29 is 19.0 Å². The van der Waals surface area contributed by atoms with Gasteiger partial charge in [-0.2, -0.15) is 0 Å². The molecular formula is C25H29N3O4S. The molecule has 0 unspecified atom stereocenters. The number of nitrogens with two attached hydrogens (primary N) is 1. The Morgan fingerprint density at radius 2 is 1.88 bits per heavy atom. The lowest BCUT2D eigenvalue weighted by Crippen LogP contribution is -2.25. The van der Waals surface area contributed by atoms with Crippen LogP contribution in [0.4, 0.5) is 5.69 Å². The van der Waals surface area contributed by atoms with Crippen LogP contribution in [0.2, 0.25) is 0 Å². The van der Waals surface area contributed by atoms with Crippen LogP contribution in [0, 0.1) is 0 Å². The van der Waals surface area contributed by atoms with Gasteiger partial charge in [0.05, 0.1) is 9.93 Å². The third-order valence-electron chi connectivity index (χ3n) is 5.44. The van der Waals surface area contributed by atoms with Gasteiger partial charge in [0.25, 0.3) is 0 Å². The van der Waals surface area contributed by atoms with Crippen LogP contribution >= 0.6 is 11.8 Å². The van der Waals surface area contributed by atoms with Gasteiger partial charge < -0.3 is 25.3 Å². The fourth-order valence-corrected chi connectivity index (χ4v) is 4.50. The van der Waals surface area contributed by atoms with E-state index < -0.39 is 0 Å². The minimum Gasteiger partial charge on any atom is -0.492 e. The number of nitrogens with one attached hydrogen (secondary N) is 1. The number of nitrogens with zero attached hydrogens (tertiary/aromatic N) is 1. The van der Waals surface area contributed by atoms with Gasteiger partial charge in [-0.05, 0) is 75.3 Å². The molecule has 2 heterocycles. The van der Waals surface area contributed by atoms with Crippen molar-refractivity contribution >= 4 is 23.2 Å². The quantitative estimate of drug-likeness (QED) is 0.388. The van der Waals surface area contributed by atoms with Crippen LogP contribution in [0.25, 0.3) is 0 Å². The highest BCUT2D eigenvalue weighted by Gasteiger charge is 2.21. The largest absolute Gasteiger partial charge is 0.492 e. The maximum atomic E-state index is 13.1. The number of benzene rings is 2. The summed E-state index contributed by atoms with van der Waals surface area (Å²) in [5.41, 5.74) is 7.79. The Kier molecular flexibility index (Phi) is 7.47. The first kappa shape index (κ1) is 23.1. The van der Waals surface area contributed by atoms with E-state index in [9.17, 15) is 4.79 Å². The summed E-state index contributed by atoms with van der Waals surface area (Å²) >= 11 is 1.21. The molecule has 0 aliphatic carbocycles. The van der Waals surface area contributed by atoms with Gasteiger partial charge in [-0.1, -0.05) is 18.3 Å². The Hall–Kier alpha value is -3.10. The zero-order chi connectivity index (χ0) is 23.2. The molecule has 2 aliphatic heterocycles. The number of rotatable bonds is 10.